The molecule has 3 rings (SSSR count). The minimum atomic E-state index is -1.13. The predicted octanol–water partition coefficient (Wildman–Crippen LogP) is 2.24. The van der Waals surface area contributed by atoms with E-state index in [1.165, 1.54) is 18.2 Å². The van der Waals surface area contributed by atoms with E-state index >= 15 is 0 Å². The highest BCUT2D eigenvalue weighted by molar-refractivity contribution is 7.14. The minimum Gasteiger partial charge on any atom is -0.478 e. The molecule has 0 unspecified atom stereocenters. The number of thiophene rings is 1. The molecule has 0 fully saturated rings. The Labute approximate surface area is 139 Å². The van der Waals surface area contributed by atoms with E-state index in [0.29, 0.717) is 5.69 Å². The van der Waals surface area contributed by atoms with E-state index in [4.69, 9.17) is 5.11 Å². The van der Waals surface area contributed by atoms with Crippen LogP contribution < -0.4 is 10.9 Å². The van der Waals surface area contributed by atoms with Crippen LogP contribution in [0.25, 0.3) is 5.69 Å². The number of rotatable bonds is 4. The molecule has 0 saturated carbocycles. The fraction of sp³-hybridized carbons (Fsp3) is 0. The van der Waals surface area contributed by atoms with Crippen molar-refractivity contribution in [2.45, 2.75) is 0 Å². The molecule has 0 saturated heterocycles. The predicted molar refractivity (Wildman–Crippen MR) is 89.1 cm³/mol. The molecule has 1 aromatic carbocycles. The van der Waals surface area contributed by atoms with Crippen molar-refractivity contribution in [2.75, 3.05) is 5.32 Å². The van der Waals surface area contributed by atoms with Crippen molar-refractivity contribution >= 4 is 28.2 Å². The highest BCUT2D eigenvalue weighted by Crippen LogP contribution is 2.23. The van der Waals surface area contributed by atoms with Gasteiger partial charge in [0.2, 0.25) is 0 Å². The number of carboxylic acids is 1. The van der Waals surface area contributed by atoms with Gasteiger partial charge in [-0.1, -0.05) is 18.2 Å². The Morgan fingerprint density at radius 3 is 2.54 bits per heavy atom. The van der Waals surface area contributed by atoms with Gasteiger partial charge in [0, 0.05) is 6.07 Å². The maximum Gasteiger partial charge on any atom is 0.338 e. The molecule has 0 aliphatic rings. The quantitative estimate of drug-likeness (QED) is 0.758. The summed E-state index contributed by atoms with van der Waals surface area (Å²) in [5, 5.41) is 17.4. The van der Waals surface area contributed by atoms with Gasteiger partial charge in [0.15, 0.2) is 0 Å². The van der Waals surface area contributed by atoms with Crippen molar-refractivity contribution in [2.24, 2.45) is 0 Å². The van der Waals surface area contributed by atoms with Crippen molar-refractivity contribution in [3.05, 3.63) is 75.5 Å². The summed E-state index contributed by atoms with van der Waals surface area (Å²) in [5.41, 5.74) is 0.160. The molecule has 0 aliphatic carbocycles. The monoisotopic (exact) mass is 341 g/mol. The Kier molecular flexibility index (Phi) is 4.21. The second-order valence-corrected chi connectivity index (χ2v) is 5.64. The molecule has 2 N–H and O–H groups in total. The second-order valence-electron chi connectivity index (χ2n) is 4.73. The summed E-state index contributed by atoms with van der Waals surface area (Å²) in [6, 6.07) is 12.6. The van der Waals surface area contributed by atoms with Gasteiger partial charge in [-0.15, -0.1) is 11.3 Å². The third-order valence-electron chi connectivity index (χ3n) is 3.16. The largest absolute Gasteiger partial charge is 0.478 e. The average molecular weight is 341 g/mol. The van der Waals surface area contributed by atoms with Crippen LogP contribution in [0.1, 0.15) is 20.8 Å². The number of aromatic carboxylic acids is 1. The fourth-order valence-electron chi connectivity index (χ4n) is 2.03. The summed E-state index contributed by atoms with van der Waals surface area (Å²) >= 11 is 1.10. The van der Waals surface area contributed by atoms with Crippen molar-refractivity contribution in [3.8, 4) is 5.69 Å². The van der Waals surface area contributed by atoms with Gasteiger partial charge in [-0.05, 0) is 29.6 Å². The standard InChI is InChI=1S/C16H11N3O4S/c20-13-7-6-12(18-19(13)10-4-2-1-3-5-10)14(21)17-15-11(16(22)23)8-9-24-15/h1-9H,(H,17,21)(H,22,23). The number of hydrogen-bond acceptors (Lipinski definition) is 5. The van der Waals surface area contributed by atoms with Crippen LogP contribution in [0.3, 0.4) is 0 Å². The number of nitrogens with one attached hydrogen (secondary N) is 1. The first-order chi connectivity index (χ1) is 11.6. The van der Waals surface area contributed by atoms with Crippen molar-refractivity contribution < 1.29 is 14.7 Å². The van der Waals surface area contributed by atoms with Crippen LogP contribution in [-0.4, -0.2) is 26.8 Å². The SMILES string of the molecule is O=C(Nc1sccc1C(=O)O)c1ccc(=O)n(-c2ccccc2)n1. The molecule has 8 heteroatoms. The number of hydrogen-bond donors (Lipinski definition) is 2. The zero-order chi connectivity index (χ0) is 17.1. The van der Waals surface area contributed by atoms with Gasteiger partial charge in [0.1, 0.15) is 10.7 Å². The first-order valence-corrected chi connectivity index (χ1v) is 7.72. The van der Waals surface area contributed by atoms with Crippen LogP contribution in [0.2, 0.25) is 0 Å². The van der Waals surface area contributed by atoms with E-state index in [1.54, 1.807) is 35.7 Å². The molecule has 0 spiro atoms. The van der Waals surface area contributed by atoms with Gasteiger partial charge in [0.25, 0.3) is 11.5 Å². The minimum absolute atomic E-state index is 0.00296. The van der Waals surface area contributed by atoms with Crippen LogP contribution in [0.15, 0.2) is 58.7 Å². The smallest absolute Gasteiger partial charge is 0.338 e. The molecule has 0 aliphatic heterocycles. The van der Waals surface area contributed by atoms with Crippen LogP contribution in [0, 0.1) is 0 Å². The third-order valence-corrected chi connectivity index (χ3v) is 3.99. The van der Waals surface area contributed by atoms with E-state index < -0.39 is 11.9 Å². The normalized spacial score (nSPS) is 10.3. The Bertz CT molecular complexity index is 963. The van der Waals surface area contributed by atoms with Crippen molar-refractivity contribution in [1.82, 2.24) is 9.78 Å². The molecular weight excluding hydrogens is 330 g/mol. The highest BCUT2D eigenvalue weighted by Gasteiger charge is 2.16. The molecule has 0 radical (unpaired) electrons. The highest BCUT2D eigenvalue weighted by atomic mass is 32.1. The van der Waals surface area contributed by atoms with Crippen LogP contribution in [0.5, 0.6) is 0 Å². The van der Waals surface area contributed by atoms with Crippen molar-refractivity contribution in [3.63, 3.8) is 0 Å². The summed E-state index contributed by atoms with van der Waals surface area (Å²) in [7, 11) is 0. The number of para-hydroxylation sites is 1. The van der Waals surface area contributed by atoms with E-state index in [1.807, 2.05) is 0 Å². The topological polar surface area (TPSA) is 101 Å². The summed E-state index contributed by atoms with van der Waals surface area (Å²) < 4.78 is 1.11. The molecule has 3 aromatic rings. The lowest BCUT2D eigenvalue weighted by Crippen LogP contribution is -2.25. The molecular formula is C16H11N3O4S. The molecule has 2 aromatic heterocycles. The first kappa shape index (κ1) is 15.6. The average Bonchev–Trinajstić information content (AvgIpc) is 3.04. The van der Waals surface area contributed by atoms with Gasteiger partial charge in [-0.3, -0.25) is 9.59 Å². The molecule has 0 bridgehead atoms. The second kappa shape index (κ2) is 6.47. The van der Waals surface area contributed by atoms with Crippen LogP contribution >= 0.6 is 11.3 Å². The third kappa shape index (κ3) is 3.08. The number of carbonyl (C=O) groups is 2. The molecule has 2 heterocycles. The number of aromatic nitrogens is 2. The van der Waals surface area contributed by atoms with Gasteiger partial charge in [0.05, 0.1) is 11.3 Å². The Morgan fingerprint density at radius 2 is 1.83 bits per heavy atom. The summed E-state index contributed by atoms with van der Waals surface area (Å²) in [6.45, 7) is 0. The Hall–Kier alpha value is -3.26. The molecule has 1 amide bonds. The van der Waals surface area contributed by atoms with Gasteiger partial charge >= 0.3 is 5.97 Å². The van der Waals surface area contributed by atoms with E-state index in [-0.39, 0.29) is 21.8 Å². The maximum atomic E-state index is 12.3. The summed E-state index contributed by atoms with van der Waals surface area (Å²) in [6.07, 6.45) is 0. The zero-order valence-corrected chi connectivity index (χ0v) is 13.0. The van der Waals surface area contributed by atoms with E-state index in [9.17, 15) is 14.4 Å². The summed E-state index contributed by atoms with van der Waals surface area (Å²) in [5.74, 6) is -1.72. The molecule has 7 nitrogen and oxygen atoms in total. The number of carboxylic acid groups (broad SMARTS) is 1. The molecule has 24 heavy (non-hydrogen) atoms. The van der Waals surface area contributed by atoms with Gasteiger partial charge in [-0.2, -0.15) is 9.78 Å². The number of amides is 1. The lowest BCUT2D eigenvalue weighted by molar-refractivity contribution is 0.0698. The van der Waals surface area contributed by atoms with Gasteiger partial charge < -0.3 is 10.4 Å². The van der Waals surface area contributed by atoms with Crippen LogP contribution in [-0.2, 0) is 0 Å². The van der Waals surface area contributed by atoms with Crippen LogP contribution in [0.4, 0.5) is 5.00 Å². The lowest BCUT2D eigenvalue weighted by Gasteiger charge is -2.07. The van der Waals surface area contributed by atoms with E-state index in [2.05, 4.69) is 10.4 Å². The van der Waals surface area contributed by atoms with Crippen molar-refractivity contribution in [1.29, 1.82) is 0 Å². The maximum absolute atomic E-state index is 12.3. The number of benzene rings is 1. The number of nitrogens with zero attached hydrogens (tertiary/aromatic N) is 2. The number of carbonyl (C=O) groups excluding carboxylic acids is 1. The Balaban J connectivity index is 1.92. The lowest BCUT2D eigenvalue weighted by atomic mass is 10.3. The van der Waals surface area contributed by atoms with Gasteiger partial charge in [-0.25, -0.2) is 4.79 Å². The Morgan fingerprint density at radius 1 is 1.08 bits per heavy atom. The number of anilines is 1. The van der Waals surface area contributed by atoms with E-state index in [0.717, 1.165) is 16.0 Å². The zero-order valence-electron chi connectivity index (χ0n) is 12.2. The molecule has 120 valence electrons. The molecule has 0 atom stereocenters. The fourth-order valence-corrected chi connectivity index (χ4v) is 2.80. The summed E-state index contributed by atoms with van der Waals surface area (Å²) in [4.78, 5) is 35.3. The first-order valence-electron chi connectivity index (χ1n) is 6.84.